The van der Waals surface area contributed by atoms with Crippen LogP contribution in [0, 0.1) is 0 Å². The highest BCUT2D eigenvalue weighted by atomic mass is 16.5. The zero-order valence-corrected chi connectivity index (χ0v) is 20.1. The highest BCUT2D eigenvalue weighted by Crippen LogP contribution is 2.31. The molecular weight excluding hydrogens is 442 g/mol. The van der Waals surface area contributed by atoms with E-state index >= 15 is 0 Å². The van der Waals surface area contributed by atoms with Gasteiger partial charge in [-0.15, -0.1) is 0 Å². The van der Waals surface area contributed by atoms with Crippen LogP contribution in [0.2, 0.25) is 0 Å². The number of fused-ring (bicyclic) bond motifs is 1. The van der Waals surface area contributed by atoms with Crippen LogP contribution in [0.3, 0.4) is 0 Å². The molecule has 2 heterocycles. The number of methoxy groups -OCH3 is 2. The summed E-state index contributed by atoms with van der Waals surface area (Å²) in [6, 6.07) is 22.9. The largest absolute Gasteiger partial charge is 0.493 e. The van der Waals surface area contributed by atoms with Crippen molar-refractivity contribution in [3.05, 3.63) is 72.3 Å². The van der Waals surface area contributed by atoms with E-state index in [9.17, 15) is 0 Å². The molecule has 0 aliphatic carbocycles. The Hall–Kier alpha value is -3.84. The molecule has 5 rings (SSSR count). The number of hydrogen-bond acceptors (Lipinski definition) is 7. The van der Waals surface area contributed by atoms with Gasteiger partial charge in [-0.1, -0.05) is 42.5 Å². The number of aromatic nitrogens is 2. The molecule has 0 radical (unpaired) electrons. The van der Waals surface area contributed by atoms with Crippen molar-refractivity contribution >= 4 is 16.7 Å². The Morgan fingerprint density at radius 2 is 1.63 bits per heavy atom. The van der Waals surface area contributed by atoms with Crippen LogP contribution in [0.4, 0.5) is 5.82 Å². The summed E-state index contributed by atoms with van der Waals surface area (Å²) in [5.74, 6) is 2.30. The molecule has 1 aliphatic heterocycles. The molecule has 0 N–H and O–H groups in total. The molecular formula is C28H29N3O4. The van der Waals surface area contributed by atoms with Crippen molar-refractivity contribution in [1.29, 1.82) is 0 Å². The molecule has 0 atom stereocenters. The lowest BCUT2D eigenvalue weighted by molar-refractivity contribution is 0.122. The Bertz CT molecular complexity index is 1290. The smallest absolute Gasteiger partial charge is 0.318 e. The summed E-state index contributed by atoms with van der Waals surface area (Å²) in [5, 5.41) is 1.01. The summed E-state index contributed by atoms with van der Waals surface area (Å²) < 4.78 is 22.3. The highest BCUT2D eigenvalue weighted by Gasteiger charge is 2.19. The minimum Gasteiger partial charge on any atom is -0.493 e. The van der Waals surface area contributed by atoms with E-state index in [1.807, 2.05) is 42.5 Å². The standard InChI is InChI=1S/C28H29N3O4/c1-32-25-11-8-20(18-26(25)33-2)12-15-35-28-29-24-10-9-22(21-6-4-3-5-7-21)19-23(24)27(30-28)31-13-16-34-17-14-31/h3-11,18-19H,12-17H2,1-2H3. The first-order valence-electron chi connectivity index (χ1n) is 11.8. The third-order valence-electron chi connectivity index (χ3n) is 6.14. The predicted octanol–water partition coefficient (Wildman–Crippen LogP) is 4.77. The number of ether oxygens (including phenoxy) is 4. The second kappa shape index (κ2) is 10.6. The van der Waals surface area contributed by atoms with Gasteiger partial charge in [0.1, 0.15) is 5.82 Å². The molecule has 1 aliphatic rings. The molecule has 1 saturated heterocycles. The van der Waals surface area contributed by atoms with Gasteiger partial charge in [0.25, 0.3) is 0 Å². The van der Waals surface area contributed by atoms with Gasteiger partial charge in [-0.3, -0.25) is 0 Å². The van der Waals surface area contributed by atoms with Crippen LogP contribution in [-0.2, 0) is 11.2 Å². The van der Waals surface area contributed by atoms with Crippen LogP contribution in [0.25, 0.3) is 22.0 Å². The second-order valence-corrected chi connectivity index (χ2v) is 8.31. The molecule has 3 aromatic carbocycles. The Labute approximate surface area is 205 Å². The number of morpholine rings is 1. The zero-order chi connectivity index (χ0) is 24.0. The van der Waals surface area contributed by atoms with Crippen LogP contribution < -0.4 is 19.1 Å². The first-order valence-corrected chi connectivity index (χ1v) is 11.8. The Balaban J connectivity index is 1.41. The lowest BCUT2D eigenvalue weighted by atomic mass is 10.0. The van der Waals surface area contributed by atoms with Crippen LogP contribution in [-0.4, -0.2) is 57.1 Å². The van der Waals surface area contributed by atoms with E-state index in [2.05, 4.69) is 29.2 Å². The van der Waals surface area contributed by atoms with Crippen molar-refractivity contribution in [1.82, 2.24) is 9.97 Å². The van der Waals surface area contributed by atoms with Crippen molar-refractivity contribution in [3.8, 4) is 28.6 Å². The molecule has 4 aromatic rings. The van der Waals surface area contributed by atoms with Crippen LogP contribution in [0.5, 0.6) is 17.5 Å². The average molecular weight is 472 g/mol. The summed E-state index contributed by atoms with van der Waals surface area (Å²) in [6.45, 7) is 3.38. The minimum absolute atomic E-state index is 0.381. The van der Waals surface area contributed by atoms with Gasteiger partial charge >= 0.3 is 6.01 Å². The van der Waals surface area contributed by atoms with Crippen LogP contribution in [0.1, 0.15) is 5.56 Å². The average Bonchev–Trinajstić information content (AvgIpc) is 2.93. The third kappa shape index (κ3) is 5.15. The normalized spacial score (nSPS) is 13.6. The van der Waals surface area contributed by atoms with E-state index in [4.69, 9.17) is 28.9 Å². The molecule has 0 saturated carbocycles. The highest BCUT2D eigenvalue weighted by molar-refractivity contribution is 5.93. The second-order valence-electron chi connectivity index (χ2n) is 8.31. The summed E-state index contributed by atoms with van der Waals surface area (Å²) in [7, 11) is 3.27. The van der Waals surface area contributed by atoms with E-state index in [0.29, 0.717) is 43.8 Å². The van der Waals surface area contributed by atoms with Gasteiger partial charge in [-0.25, -0.2) is 0 Å². The SMILES string of the molecule is COc1ccc(CCOc2nc(N3CCOCC3)c3cc(-c4ccccc4)ccc3n2)cc1OC. The fourth-order valence-electron chi connectivity index (χ4n) is 4.28. The van der Waals surface area contributed by atoms with Crippen LogP contribution >= 0.6 is 0 Å². The lowest BCUT2D eigenvalue weighted by Gasteiger charge is -2.29. The van der Waals surface area contributed by atoms with E-state index in [1.54, 1.807) is 14.2 Å². The van der Waals surface area contributed by atoms with Gasteiger partial charge in [0.2, 0.25) is 0 Å². The predicted molar refractivity (Wildman–Crippen MR) is 137 cm³/mol. The zero-order valence-electron chi connectivity index (χ0n) is 20.1. The molecule has 1 aromatic heterocycles. The monoisotopic (exact) mass is 471 g/mol. The van der Waals surface area contributed by atoms with E-state index < -0.39 is 0 Å². The number of nitrogens with zero attached hydrogens (tertiary/aromatic N) is 3. The maximum atomic E-state index is 6.04. The maximum absolute atomic E-state index is 6.04. The molecule has 0 unspecified atom stereocenters. The minimum atomic E-state index is 0.381. The molecule has 1 fully saturated rings. The van der Waals surface area contributed by atoms with E-state index in [-0.39, 0.29) is 0 Å². The summed E-state index contributed by atoms with van der Waals surface area (Å²) >= 11 is 0. The Morgan fingerprint density at radius 3 is 2.40 bits per heavy atom. The summed E-state index contributed by atoms with van der Waals surface area (Å²) in [6.07, 6.45) is 0.696. The van der Waals surface area contributed by atoms with Crippen molar-refractivity contribution in [3.63, 3.8) is 0 Å². The first-order chi connectivity index (χ1) is 17.2. The number of benzene rings is 3. The van der Waals surface area contributed by atoms with Gasteiger partial charge in [-0.05, 0) is 41.0 Å². The van der Waals surface area contributed by atoms with Crippen molar-refractivity contribution in [2.75, 3.05) is 52.0 Å². The first kappa shape index (κ1) is 22.9. The van der Waals surface area contributed by atoms with Crippen molar-refractivity contribution in [2.45, 2.75) is 6.42 Å². The summed E-state index contributed by atoms with van der Waals surface area (Å²) in [4.78, 5) is 11.8. The molecule has 180 valence electrons. The molecule has 0 spiro atoms. The van der Waals surface area contributed by atoms with E-state index in [0.717, 1.165) is 46.5 Å². The quantitative estimate of drug-likeness (QED) is 0.367. The molecule has 7 nitrogen and oxygen atoms in total. The Morgan fingerprint density at radius 1 is 0.829 bits per heavy atom. The van der Waals surface area contributed by atoms with E-state index in [1.165, 1.54) is 0 Å². The topological polar surface area (TPSA) is 65.9 Å². The third-order valence-corrected chi connectivity index (χ3v) is 6.14. The van der Waals surface area contributed by atoms with Crippen molar-refractivity contribution < 1.29 is 18.9 Å². The van der Waals surface area contributed by atoms with Gasteiger partial charge in [0, 0.05) is 24.9 Å². The Kier molecular flexibility index (Phi) is 6.95. The maximum Gasteiger partial charge on any atom is 0.318 e. The summed E-state index contributed by atoms with van der Waals surface area (Å²) in [5.41, 5.74) is 4.25. The number of rotatable bonds is 8. The molecule has 7 heteroatoms. The molecule has 0 bridgehead atoms. The van der Waals surface area contributed by atoms with Gasteiger partial charge in [0.15, 0.2) is 11.5 Å². The van der Waals surface area contributed by atoms with Gasteiger partial charge < -0.3 is 23.8 Å². The number of hydrogen-bond donors (Lipinski definition) is 0. The molecule has 35 heavy (non-hydrogen) atoms. The van der Waals surface area contributed by atoms with Gasteiger partial charge in [-0.2, -0.15) is 9.97 Å². The van der Waals surface area contributed by atoms with Crippen LogP contribution in [0.15, 0.2) is 66.7 Å². The van der Waals surface area contributed by atoms with Crippen molar-refractivity contribution in [2.24, 2.45) is 0 Å². The fourth-order valence-corrected chi connectivity index (χ4v) is 4.28. The number of anilines is 1. The molecule has 0 amide bonds. The van der Waals surface area contributed by atoms with Gasteiger partial charge in [0.05, 0.1) is 39.6 Å². The fraction of sp³-hybridized carbons (Fsp3) is 0.286. The lowest BCUT2D eigenvalue weighted by Crippen LogP contribution is -2.37.